The molecule has 3 rings (SSSR count). The Balaban J connectivity index is 2.53. The first-order chi connectivity index (χ1) is 7.34. The van der Waals surface area contributed by atoms with Gasteiger partial charge in [0.25, 0.3) is 0 Å². The van der Waals surface area contributed by atoms with Crippen molar-refractivity contribution in [2.75, 3.05) is 0 Å². The average Bonchev–Trinajstić information content (AvgIpc) is 2.27. The Morgan fingerprint density at radius 2 is 1.33 bits per heavy atom. The monoisotopic (exact) mass is 351 g/mol. The van der Waals surface area contributed by atoms with Crippen LogP contribution in [0.5, 0.6) is 0 Å². The van der Waals surface area contributed by atoms with Crippen LogP contribution in [0.3, 0.4) is 0 Å². The van der Waals surface area contributed by atoms with Crippen molar-refractivity contribution in [3.8, 4) is 0 Å². The van der Waals surface area contributed by atoms with Crippen LogP contribution in [-0.4, -0.2) is 0 Å². The van der Waals surface area contributed by atoms with Crippen LogP contribution in [0.15, 0.2) is 54.6 Å². The predicted octanol–water partition coefficient (Wildman–Crippen LogP) is 3.17. The summed E-state index contributed by atoms with van der Waals surface area (Å²) in [6.45, 7) is 0. The number of hydrogen-bond donors (Lipinski definition) is 0. The molecule has 3 aromatic rings. The summed E-state index contributed by atoms with van der Waals surface area (Å²) < 4.78 is 1.21. The van der Waals surface area contributed by atoms with E-state index in [1.165, 1.54) is 21.9 Å². The second kappa shape index (κ2) is 3.93. The van der Waals surface area contributed by atoms with E-state index in [0.29, 0.717) is 0 Å². The zero-order valence-corrected chi connectivity index (χ0v) is 9.68. The van der Waals surface area contributed by atoms with Crippen LogP contribution in [0, 0.1) is 44.6 Å². The van der Waals surface area contributed by atoms with Gasteiger partial charge in [-0.05, 0) is 0 Å². The Hall–Kier alpha value is -0.301. The fraction of sp³-hybridized carbons (Fsp3) is 0. The SMILES string of the molecule is [Yb][c]1cccc2cc3ccccc3cc12. The molecule has 3 aromatic carbocycles. The van der Waals surface area contributed by atoms with E-state index in [-0.39, 0.29) is 0 Å². The second-order valence-corrected chi connectivity index (χ2v) is 4.52. The molecular weight excluding hydrogens is 341 g/mol. The summed E-state index contributed by atoms with van der Waals surface area (Å²) in [5, 5.41) is 5.19. The van der Waals surface area contributed by atoms with Gasteiger partial charge in [0.1, 0.15) is 0 Å². The van der Waals surface area contributed by atoms with Crippen LogP contribution in [0.4, 0.5) is 0 Å². The van der Waals surface area contributed by atoms with E-state index in [9.17, 15) is 0 Å². The molecule has 0 aliphatic heterocycles. The normalized spacial score (nSPS) is 11.1. The number of fused-ring (bicyclic) bond motifs is 2. The maximum absolute atomic E-state index is 3.21. The first-order valence-corrected chi connectivity index (χ1v) is 5.72. The Morgan fingerprint density at radius 1 is 0.667 bits per heavy atom. The third kappa shape index (κ3) is 1.75. The Labute approximate surface area is 120 Å². The zero-order chi connectivity index (χ0) is 10.3. The van der Waals surface area contributed by atoms with Crippen molar-refractivity contribution in [3.63, 3.8) is 0 Å². The van der Waals surface area contributed by atoms with Crippen molar-refractivity contribution in [1.82, 2.24) is 0 Å². The molecule has 0 N–H and O–H groups in total. The van der Waals surface area contributed by atoms with Gasteiger partial charge in [-0.1, -0.05) is 0 Å². The first kappa shape index (κ1) is 9.89. The maximum atomic E-state index is 3.21. The number of hydrogen-bond acceptors (Lipinski definition) is 0. The summed E-state index contributed by atoms with van der Waals surface area (Å²) >= 11 is 3.21. The van der Waals surface area contributed by atoms with Gasteiger partial charge < -0.3 is 0 Å². The summed E-state index contributed by atoms with van der Waals surface area (Å²) in [6.07, 6.45) is 0. The fourth-order valence-corrected chi connectivity index (χ4v) is 2.43. The molecule has 0 aliphatic rings. The van der Waals surface area contributed by atoms with Crippen molar-refractivity contribution in [2.45, 2.75) is 0 Å². The second-order valence-electron chi connectivity index (χ2n) is 3.60. The molecule has 0 saturated heterocycles. The topological polar surface area (TPSA) is 0 Å². The summed E-state index contributed by atoms with van der Waals surface area (Å²) in [5.74, 6) is 0. The van der Waals surface area contributed by atoms with Gasteiger partial charge in [-0.25, -0.2) is 0 Å². The molecule has 0 spiro atoms. The molecule has 0 fully saturated rings. The number of rotatable bonds is 0. The molecule has 79 valence electrons. The van der Waals surface area contributed by atoms with Crippen LogP contribution in [-0.2, 0) is 0 Å². The summed E-state index contributed by atoms with van der Waals surface area (Å²) in [4.78, 5) is 0. The van der Waals surface area contributed by atoms with Crippen LogP contribution < -0.4 is 0.322 Å². The molecule has 0 radical (unpaired) electrons. The molecule has 0 aromatic heterocycles. The van der Waals surface area contributed by atoms with Gasteiger partial charge >= 0.3 is 121 Å². The molecule has 0 bridgehead atoms. The minimum absolute atomic E-state index is 1.21. The van der Waals surface area contributed by atoms with Crippen LogP contribution in [0.1, 0.15) is 0 Å². The van der Waals surface area contributed by atoms with Gasteiger partial charge in [-0.15, -0.1) is 0 Å². The average molecular weight is 350 g/mol. The molecule has 0 amide bonds. The Morgan fingerprint density at radius 3 is 2.13 bits per heavy atom. The van der Waals surface area contributed by atoms with E-state index in [4.69, 9.17) is 0 Å². The van der Waals surface area contributed by atoms with Gasteiger partial charge in [0.15, 0.2) is 0 Å². The third-order valence-corrected chi connectivity index (χ3v) is 3.39. The molecule has 0 saturated carbocycles. The zero-order valence-electron chi connectivity index (χ0n) is 7.96. The molecule has 0 atom stereocenters. The van der Waals surface area contributed by atoms with Crippen LogP contribution >= 0.6 is 0 Å². The van der Waals surface area contributed by atoms with Gasteiger partial charge in [0.05, 0.1) is 0 Å². The Bertz CT molecular complexity index is 641. The van der Waals surface area contributed by atoms with Crippen molar-refractivity contribution in [1.29, 1.82) is 0 Å². The van der Waals surface area contributed by atoms with Gasteiger partial charge in [-0.2, -0.15) is 0 Å². The van der Waals surface area contributed by atoms with Crippen LogP contribution in [0.25, 0.3) is 21.5 Å². The molecule has 15 heavy (non-hydrogen) atoms. The van der Waals surface area contributed by atoms with Crippen LogP contribution in [0.2, 0.25) is 0 Å². The molecule has 0 aliphatic carbocycles. The van der Waals surface area contributed by atoms with E-state index in [1.807, 2.05) is 0 Å². The molecule has 0 nitrogen and oxygen atoms in total. The summed E-state index contributed by atoms with van der Waals surface area (Å²) in [7, 11) is 0. The summed E-state index contributed by atoms with van der Waals surface area (Å²) in [5.41, 5.74) is 0. The van der Waals surface area contributed by atoms with E-state index >= 15 is 0 Å². The fourth-order valence-electron chi connectivity index (χ4n) is 1.89. The predicted molar refractivity (Wildman–Crippen MR) is 61.1 cm³/mol. The van der Waals surface area contributed by atoms with Crippen molar-refractivity contribution >= 4 is 21.9 Å². The van der Waals surface area contributed by atoms with E-state index < -0.39 is 0 Å². The van der Waals surface area contributed by atoms with Gasteiger partial charge in [-0.3, -0.25) is 0 Å². The molecular formula is C14H9Yb. The van der Waals surface area contributed by atoms with Crippen molar-refractivity contribution < 1.29 is 44.6 Å². The van der Waals surface area contributed by atoms with Crippen molar-refractivity contribution in [3.05, 3.63) is 54.6 Å². The third-order valence-electron chi connectivity index (χ3n) is 2.65. The standard InChI is InChI=1S/C14H9.Yb/c1-2-6-12-10-14-8-4-3-7-13(14)9-11(12)5-1;/h1-7,9-10H;. The Kier molecular flexibility index (Phi) is 2.59. The molecule has 1 heteroatoms. The van der Waals surface area contributed by atoms with Crippen molar-refractivity contribution in [2.24, 2.45) is 0 Å². The minimum atomic E-state index is 1.21. The quantitative estimate of drug-likeness (QED) is 0.547. The summed E-state index contributed by atoms with van der Waals surface area (Å²) in [6, 6.07) is 19.3. The first-order valence-electron chi connectivity index (χ1n) is 4.86. The van der Waals surface area contributed by atoms with E-state index in [1.54, 1.807) is 0 Å². The van der Waals surface area contributed by atoms with Gasteiger partial charge in [0.2, 0.25) is 0 Å². The van der Waals surface area contributed by atoms with E-state index in [0.717, 1.165) is 0 Å². The molecule has 0 unspecified atom stereocenters. The number of benzene rings is 3. The molecule has 0 heterocycles. The van der Waals surface area contributed by atoms with E-state index in [2.05, 4.69) is 99.2 Å². The van der Waals surface area contributed by atoms with Gasteiger partial charge in [0, 0.05) is 0 Å².